The van der Waals surface area contributed by atoms with Crippen LogP contribution in [0.15, 0.2) is 10.6 Å². The summed E-state index contributed by atoms with van der Waals surface area (Å²) in [6.45, 7) is 7.30. The van der Waals surface area contributed by atoms with E-state index in [-0.39, 0.29) is 11.7 Å². The minimum atomic E-state index is -0.419. The number of ketones is 1. The summed E-state index contributed by atoms with van der Waals surface area (Å²) in [5.41, 5.74) is -0.419. The zero-order valence-electron chi connectivity index (χ0n) is 7.84. The third kappa shape index (κ3) is 1.72. The van der Waals surface area contributed by atoms with Crippen LogP contribution in [0.1, 0.15) is 37.2 Å². The number of hydrogen-bond donors (Lipinski definition) is 0. The van der Waals surface area contributed by atoms with Crippen LogP contribution in [0.25, 0.3) is 0 Å². The first-order valence-electron chi connectivity index (χ1n) is 3.88. The van der Waals surface area contributed by atoms with Gasteiger partial charge in [-0.05, 0) is 6.92 Å². The average molecular weight is 167 g/mol. The molecule has 0 N–H and O–H groups in total. The van der Waals surface area contributed by atoms with Crippen LogP contribution in [0.3, 0.4) is 0 Å². The van der Waals surface area contributed by atoms with Gasteiger partial charge in [0.1, 0.15) is 5.76 Å². The maximum absolute atomic E-state index is 11.5. The molecule has 1 aromatic heterocycles. The first-order valence-corrected chi connectivity index (χ1v) is 3.88. The van der Waals surface area contributed by atoms with Gasteiger partial charge in [0.15, 0.2) is 0 Å². The molecule has 0 aliphatic heterocycles. The first-order chi connectivity index (χ1) is 5.41. The predicted octanol–water partition coefficient (Wildman–Crippen LogP) is 2.21. The summed E-state index contributed by atoms with van der Waals surface area (Å²) in [7, 11) is 0. The highest BCUT2D eigenvalue weighted by atomic mass is 16.4. The Balaban J connectivity index is 2.93. The molecule has 0 spiro atoms. The van der Waals surface area contributed by atoms with Crippen molar-refractivity contribution in [2.75, 3.05) is 0 Å². The van der Waals surface area contributed by atoms with Gasteiger partial charge in [-0.3, -0.25) is 4.79 Å². The van der Waals surface area contributed by atoms with Gasteiger partial charge in [0.05, 0.1) is 6.20 Å². The van der Waals surface area contributed by atoms with Gasteiger partial charge in [0.2, 0.25) is 5.78 Å². The summed E-state index contributed by atoms with van der Waals surface area (Å²) in [6.07, 6.45) is 1.55. The predicted molar refractivity (Wildman–Crippen MR) is 45.0 cm³/mol. The van der Waals surface area contributed by atoms with Gasteiger partial charge in [-0.2, -0.15) is 0 Å². The molecule has 0 saturated carbocycles. The number of carbonyl (C=O) groups excluding carboxylic acids is 1. The van der Waals surface area contributed by atoms with Crippen LogP contribution in [0.2, 0.25) is 0 Å². The van der Waals surface area contributed by atoms with Crippen molar-refractivity contribution in [2.24, 2.45) is 5.41 Å². The largest absolute Gasteiger partial charge is 0.439 e. The molecule has 3 nitrogen and oxygen atoms in total. The second-order valence-corrected chi connectivity index (χ2v) is 3.86. The van der Waals surface area contributed by atoms with Crippen molar-refractivity contribution in [1.29, 1.82) is 0 Å². The van der Waals surface area contributed by atoms with E-state index in [0.29, 0.717) is 5.76 Å². The first kappa shape index (κ1) is 8.97. The van der Waals surface area contributed by atoms with Crippen molar-refractivity contribution >= 4 is 5.78 Å². The number of nitrogens with zero attached hydrogens (tertiary/aromatic N) is 1. The second kappa shape index (κ2) is 2.73. The van der Waals surface area contributed by atoms with Crippen LogP contribution in [-0.4, -0.2) is 10.8 Å². The SMILES string of the molecule is Cc1cnc(C(=O)C(C)(C)C)o1. The molecule has 0 unspecified atom stereocenters. The van der Waals surface area contributed by atoms with Gasteiger partial charge in [-0.25, -0.2) is 4.98 Å². The van der Waals surface area contributed by atoms with Crippen LogP contribution in [0.5, 0.6) is 0 Å². The molecule has 3 heteroatoms. The molecule has 0 aromatic carbocycles. The molecule has 0 saturated heterocycles. The van der Waals surface area contributed by atoms with Crippen LogP contribution in [0.4, 0.5) is 0 Å². The van der Waals surface area contributed by atoms with Gasteiger partial charge >= 0.3 is 0 Å². The maximum atomic E-state index is 11.5. The van der Waals surface area contributed by atoms with E-state index in [9.17, 15) is 4.79 Å². The Kier molecular flexibility index (Phi) is 2.04. The quantitative estimate of drug-likeness (QED) is 0.602. The van der Waals surface area contributed by atoms with Crippen molar-refractivity contribution in [1.82, 2.24) is 4.98 Å². The standard InChI is InChI=1S/C9H13NO2/c1-6-5-10-8(12-6)7(11)9(2,3)4/h5H,1-4H3. The zero-order chi connectivity index (χ0) is 9.35. The summed E-state index contributed by atoms with van der Waals surface area (Å²) in [5, 5.41) is 0. The molecule has 0 aliphatic rings. The number of rotatable bonds is 1. The summed E-state index contributed by atoms with van der Waals surface area (Å²) < 4.78 is 5.11. The molecule has 1 heterocycles. The summed E-state index contributed by atoms with van der Waals surface area (Å²) >= 11 is 0. The van der Waals surface area contributed by atoms with E-state index < -0.39 is 5.41 Å². The van der Waals surface area contributed by atoms with E-state index in [1.54, 1.807) is 13.1 Å². The number of Topliss-reactive ketones (excluding diaryl/α,β-unsaturated/α-hetero) is 1. The molecule has 0 amide bonds. The molecular formula is C9H13NO2. The third-order valence-corrected chi connectivity index (χ3v) is 1.50. The molecule has 0 fully saturated rings. The normalized spacial score (nSPS) is 11.7. The van der Waals surface area contributed by atoms with Gasteiger partial charge in [0.25, 0.3) is 5.89 Å². The molecule has 0 radical (unpaired) electrons. The number of aryl methyl sites for hydroxylation is 1. The zero-order valence-corrected chi connectivity index (χ0v) is 7.84. The Hall–Kier alpha value is -1.12. The fraction of sp³-hybridized carbons (Fsp3) is 0.556. The lowest BCUT2D eigenvalue weighted by atomic mass is 9.91. The molecular weight excluding hydrogens is 154 g/mol. The fourth-order valence-electron chi connectivity index (χ4n) is 0.780. The summed E-state index contributed by atoms with van der Waals surface area (Å²) in [6, 6.07) is 0. The lowest BCUT2D eigenvalue weighted by molar-refractivity contribution is 0.0819. The third-order valence-electron chi connectivity index (χ3n) is 1.50. The van der Waals surface area contributed by atoms with Crippen LogP contribution in [0, 0.1) is 12.3 Å². The van der Waals surface area contributed by atoms with Gasteiger partial charge in [0, 0.05) is 5.41 Å². The van der Waals surface area contributed by atoms with E-state index >= 15 is 0 Å². The van der Waals surface area contributed by atoms with Crippen molar-refractivity contribution < 1.29 is 9.21 Å². The van der Waals surface area contributed by atoms with E-state index in [2.05, 4.69) is 4.98 Å². The van der Waals surface area contributed by atoms with Crippen molar-refractivity contribution in [2.45, 2.75) is 27.7 Å². The number of aromatic nitrogens is 1. The molecule has 0 aliphatic carbocycles. The van der Waals surface area contributed by atoms with E-state index in [4.69, 9.17) is 4.42 Å². The van der Waals surface area contributed by atoms with Crippen molar-refractivity contribution in [3.8, 4) is 0 Å². The molecule has 0 bridgehead atoms. The highest BCUT2D eigenvalue weighted by Gasteiger charge is 2.26. The number of carbonyl (C=O) groups is 1. The van der Waals surface area contributed by atoms with E-state index in [1.807, 2.05) is 20.8 Å². The highest BCUT2D eigenvalue weighted by molar-refractivity contribution is 5.95. The van der Waals surface area contributed by atoms with Crippen molar-refractivity contribution in [3.63, 3.8) is 0 Å². The lowest BCUT2D eigenvalue weighted by Crippen LogP contribution is -2.20. The fourth-order valence-corrected chi connectivity index (χ4v) is 0.780. The topological polar surface area (TPSA) is 43.1 Å². The highest BCUT2D eigenvalue weighted by Crippen LogP contribution is 2.20. The van der Waals surface area contributed by atoms with Crippen LogP contribution in [-0.2, 0) is 0 Å². The molecule has 1 aromatic rings. The van der Waals surface area contributed by atoms with Gasteiger partial charge < -0.3 is 4.42 Å². The Bertz CT molecular complexity index is 294. The van der Waals surface area contributed by atoms with Gasteiger partial charge in [-0.15, -0.1) is 0 Å². The van der Waals surface area contributed by atoms with Gasteiger partial charge in [-0.1, -0.05) is 20.8 Å². The average Bonchev–Trinajstić information content (AvgIpc) is 2.32. The smallest absolute Gasteiger partial charge is 0.263 e. The molecule has 1 rings (SSSR count). The Labute approximate surface area is 71.8 Å². The summed E-state index contributed by atoms with van der Waals surface area (Å²) in [5.74, 6) is 0.818. The van der Waals surface area contributed by atoms with E-state index in [0.717, 1.165) is 0 Å². The minimum absolute atomic E-state index is 0.0596. The minimum Gasteiger partial charge on any atom is -0.439 e. The number of oxazole rings is 1. The van der Waals surface area contributed by atoms with Crippen molar-refractivity contribution in [3.05, 3.63) is 17.8 Å². The Morgan fingerprint density at radius 2 is 2.08 bits per heavy atom. The molecule has 12 heavy (non-hydrogen) atoms. The second-order valence-electron chi connectivity index (χ2n) is 3.86. The Morgan fingerprint density at radius 3 is 2.42 bits per heavy atom. The Morgan fingerprint density at radius 1 is 1.50 bits per heavy atom. The molecule has 0 atom stereocenters. The van der Waals surface area contributed by atoms with E-state index in [1.165, 1.54) is 0 Å². The van der Waals surface area contributed by atoms with Crippen LogP contribution >= 0.6 is 0 Å². The van der Waals surface area contributed by atoms with Crippen LogP contribution < -0.4 is 0 Å². The summed E-state index contributed by atoms with van der Waals surface area (Å²) in [4.78, 5) is 15.4. The molecule has 66 valence electrons. The number of hydrogen-bond acceptors (Lipinski definition) is 3. The lowest BCUT2D eigenvalue weighted by Gasteiger charge is -2.12. The maximum Gasteiger partial charge on any atom is 0.263 e. The monoisotopic (exact) mass is 167 g/mol.